The summed E-state index contributed by atoms with van der Waals surface area (Å²) in [5, 5.41) is 17.7. The monoisotopic (exact) mass is 287 g/mol. The number of ketones is 1. The molecule has 1 aliphatic rings. The van der Waals surface area contributed by atoms with Crippen molar-refractivity contribution >= 4 is 22.6 Å². The second-order valence-corrected chi connectivity index (χ2v) is 5.92. The van der Waals surface area contributed by atoms with Gasteiger partial charge >= 0.3 is 0 Å². The Hall–Kier alpha value is -2.37. The lowest BCUT2D eigenvalue weighted by Gasteiger charge is -2.07. The predicted molar refractivity (Wildman–Crippen MR) is 78.9 cm³/mol. The molecule has 0 atom stereocenters. The number of phenolic OH excluding ortho intramolecular Hbond substituents is 1. The fourth-order valence-corrected chi connectivity index (χ4v) is 2.42. The van der Waals surface area contributed by atoms with Gasteiger partial charge in [-0.3, -0.25) is 9.89 Å². The maximum absolute atomic E-state index is 11.5. The number of Topliss-reactive ketones (excluding diaryl/α,β-unsaturated/α-hetero) is 1. The van der Waals surface area contributed by atoms with Crippen LogP contribution in [0.4, 0.5) is 0 Å². The smallest absolute Gasteiger partial charge is 0.190 e. The summed E-state index contributed by atoms with van der Waals surface area (Å²) in [5.41, 5.74) is 1.53. The molecular weight excluding hydrogens is 270 g/mol. The van der Waals surface area contributed by atoms with Crippen LogP contribution in [0.15, 0.2) is 17.1 Å². The zero-order chi connectivity index (χ0) is 15.2. The molecule has 6 heteroatoms. The Kier molecular flexibility index (Phi) is 2.97. The van der Waals surface area contributed by atoms with Gasteiger partial charge < -0.3 is 9.84 Å². The summed E-state index contributed by atoms with van der Waals surface area (Å²) in [6.45, 7) is 6.00. The third kappa shape index (κ3) is 2.49. The number of benzene rings is 1. The SMILES string of the molecule is CC(=O)c1cc2c(CC3=NC(C)(C)CO3)n[nH]c2cc1O. The highest BCUT2D eigenvalue weighted by Gasteiger charge is 2.27. The number of aromatic amines is 1. The van der Waals surface area contributed by atoms with Crippen LogP contribution in [0.2, 0.25) is 0 Å². The molecule has 6 nitrogen and oxygen atoms in total. The number of aliphatic imine (C=N–C) groups is 1. The summed E-state index contributed by atoms with van der Waals surface area (Å²) in [7, 11) is 0. The standard InChI is InChI=1S/C15H17N3O3/c1-8(19)9-4-10-11(5-13(9)20)17-18-12(10)6-14-16-15(2,3)7-21-14/h4-5,20H,6-7H2,1-3H3,(H,17,18). The Bertz CT molecular complexity index is 759. The Balaban J connectivity index is 2.00. The third-order valence-corrected chi connectivity index (χ3v) is 3.48. The van der Waals surface area contributed by atoms with Gasteiger partial charge in [-0.05, 0) is 26.8 Å². The summed E-state index contributed by atoms with van der Waals surface area (Å²) < 4.78 is 5.57. The number of hydrogen-bond donors (Lipinski definition) is 2. The molecule has 0 unspecified atom stereocenters. The number of hydrogen-bond acceptors (Lipinski definition) is 5. The minimum Gasteiger partial charge on any atom is -0.507 e. The first-order chi connectivity index (χ1) is 9.85. The van der Waals surface area contributed by atoms with Gasteiger partial charge in [-0.2, -0.15) is 5.10 Å². The van der Waals surface area contributed by atoms with Crippen LogP contribution in [0.5, 0.6) is 5.75 Å². The number of phenols is 1. The Morgan fingerprint density at radius 1 is 1.48 bits per heavy atom. The first-order valence-corrected chi connectivity index (χ1v) is 6.78. The molecule has 1 aliphatic heterocycles. The average molecular weight is 287 g/mol. The fourth-order valence-electron chi connectivity index (χ4n) is 2.42. The number of carbonyl (C=O) groups is 1. The molecule has 0 saturated carbocycles. The van der Waals surface area contributed by atoms with E-state index in [0.29, 0.717) is 30.0 Å². The minimum atomic E-state index is -0.204. The van der Waals surface area contributed by atoms with Crippen molar-refractivity contribution in [3.63, 3.8) is 0 Å². The van der Waals surface area contributed by atoms with Gasteiger partial charge in [0.1, 0.15) is 12.4 Å². The maximum atomic E-state index is 11.5. The fraction of sp³-hybridized carbons (Fsp3) is 0.400. The number of nitrogens with zero attached hydrogens (tertiary/aromatic N) is 2. The second-order valence-electron chi connectivity index (χ2n) is 5.92. The van der Waals surface area contributed by atoms with Gasteiger partial charge in [0.15, 0.2) is 11.7 Å². The number of aromatic hydroxyl groups is 1. The summed E-state index contributed by atoms with van der Waals surface area (Å²) >= 11 is 0. The van der Waals surface area contributed by atoms with Gasteiger partial charge in [0.05, 0.1) is 28.7 Å². The molecule has 0 radical (unpaired) electrons. The lowest BCUT2D eigenvalue weighted by molar-refractivity contribution is 0.101. The van der Waals surface area contributed by atoms with E-state index < -0.39 is 0 Å². The van der Waals surface area contributed by atoms with Crippen molar-refractivity contribution in [2.75, 3.05) is 6.61 Å². The van der Waals surface area contributed by atoms with Gasteiger partial charge in [0.25, 0.3) is 0 Å². The number of carbonyl (C=O) groups excluding carboxylic acids is 1. The van der Waals surface area contributed by atoms with Crippen LogP contribution in [0, 0.1) is 0 Å². The van der Waals surface area contributed by atoms with Gasteiger partial charge in [-0.25, -0.2) is 4.99 Å². The minimum absolute atomic E-state index is 0.0409. The molecule has 3 rings (SSSR count). The maximum Gasteiger partial charge on any atom is 0.190 e. The van der Waals surface area contributed by atoms with Crippen molar-refractivity contribution in [2.45, 2.75) is 32.7 Å². The highest BCUT2D eigenvalue weighted by atomic mass is 16.5. The number of aromatic nitrogens is 2. The Morgan fingerprint density at radius 3 is 2.86 bits per heavy atom. The van der Waals surface area contributed by atoms with E-state index in [2.05, 4.69) is 15.2 Å². The van der Waals surface area contributed by atoms with E-state index >= 15 is 0 Å². The van der Waals surface area contributed by atoms with E-state index in [9.17, 15) is 9.90 Å². The van der Waals surface area contributed by atoms with Gasteiger partial charge in [-0.15, -0.1) is 0 Å². The Morgan fingerprint density at radius 2 is 2.24 bits per heavy atom. The summed E-state index contributed by atoms with van der Waals surface area (Å²) in [5.74, 6) is 0.420. The van der Waals surface area contributed by atoms with Gasteiger partial charge in [-0.1, -0.05) is 0 Å². The van der Waals surface area contributed by atoms with Crippen LogP contribution in [-0.4, -0.2) is 39.1 Å². The zero-order valence-corrected chi connectivity index (χ0v) is 12.2. The molecule has 2 aromatic rings. The predicted octanol–water partition coefficient (Wildman–Crippen LogP) is 2.22. The number of rotatable bonds is 3. The van der Waals surface area contributed by atoms with Crippen LogP contribution in [0.3, 0.4) is 0 Å². The summed E-state index contributed by atoms with van der Waals surface area (Å²) in [6.07, 6.45) is 0.464. The van der Waals surface area contributed by atoms with Crippen molar-refractivity contribution in [1.29, 1.82) is 0 Å². The van der Waals surface area contributed by atoms with Crippen LogP contribution in [-0.2, 0) is 11.2 Å². The van der Waals surface area contributed by atoms with E-state index in [1.165, 1.54) is 13.0 Å². The van der Waals surface area contributed by atoms with Crippen molar-refractivity contribution in [3.8, 4) is 5.75 Å². The van der Waals surface area contributed by atoms with Gasteiger partial charge in [0.2, 0.25) is 0 Å². The molecule has 2 heterocycles. The third-order valence-electron chi connectivity index (χ3n) is 3.48. The Labute approximate surface area is 121 Å². The van der Waals surface area contributed by atoms with Crippen LogP contribution >= 0.6 is 0 Å². The highest BCUT2D eigenvalue weighted by Crippen LogP contribution is 2.27. The zero-order valence-electron chi connectivity index (χ0n) is 12.2. The van der Waals surface area contributed by atoms with E-state index in [1.54, 1.807) is 6.07 Å². The normalized spacial score (nSPS) is 16.8. The molecule has 0 saturated heterocycles. The van der Waals surface area contributed by atoms with Gasteiger partial charge in [0, 0.05) is 11.5 Å². The topological polar surface area (TPSA) is 87.6 Å². The van der Waals surface area contributed by atoms with Crippen molar-refractivity contribution in [2.24, 2.45) is 4.99 Å². The number of nitrogens with one attached hydrogen (secondary N) is 1. The van der Waals surface area contributed by atoms with E-state index in [1.807, 2.05) is 13.8 Å². The van der Waals surface area contributed by atoms with Crippen molar-refractivity contribution in [3.05, 3.63) is 23.4 Å². The molecule has 0 amide bonds. The summed E-state index contributed by atoms with van der Waals surface area (Å²) in [6, 6.07) is 3.18. The lowest BCUT2D eigenvalue weighted by Crippen LogP contribution is -2.17. The van der Waals surface area contributed by atoms with E-state index in [-0.39, 0.29) is 17.1 Å². The second kappa shape index (κ2) is 4.58. The molecule has 1 aromatic heterocycles. The first-order valence-electron chi connectivity index (χ1n) is 6.78. The number of ether oxygens (including phenoxy) is 1. The molecule has 2 N–H and O–H groups in total. The van der Waals surface area contributed by atoms with E-state index in [0.717, 1.165) is 11.1 Å². The quantitative estimate of drug-likeness (QED) is 0.847. The van der Waals surface area contributed by atoms with Crippen LogP contribution in [0.1, 0.15) is 36.8 Å². The van der Waals surface area contributed by atoms with Crippen molar-refractivity contribution < 1.29 is 14.6 Å². The van der Waals surface area contributed by atoms with Crippen molar-refractivity contribution in [1.82, 2.24) is 10.2 Å². The lowest BCUT2D eigenvalue weighted by atomic mass is 10.1. The van der Waals surface area contributed by atoms with Crippen LogP contribution in [0.25, 0.3) is 10.9 Å². The molecule has 110 valence electrons. The highest BCUT2D eigenvalue weighted by molar-refractivity contribution is 6.01. The molecular formula is C15H17N3O3. The number of fused-ring (bicyclic) bond motifs is 1. The molecule has 21 heavy (non-hydrogen) atoms. The molecule has 0 fully saturated rings. The molecule has 0 aliphatic carbocycles. The average Bonchev–Trinajstić information content (AvgIpc) is 2.92. The van der Waals surface area contributed by atoms with E-state index in [4.69, 9.17) is 4.74 Å². The van der Waals surface area contributed by atoms with Crippen LogP contribution < -0.4 is 0 Å². The number of H-pyrrole nitrogens is 1. The molecule has 0 spiro atoms. The molecule has 0 bridgehead atoms. The summed E-state index contributed by atoms with van der Waals surface area (Å²) in [4.78, 5) is 16.0. The largest absolute Gasteiger partial charge is 0.507 e. The first kappa shape index (κ1) is 13.6. The molecule has 1 aromatic carbocycles.